The highest BCUT2D eigenvalue weighted by Gasteiger charge is 2.17. The number of non-ortho nitro benzene ring substituents is 1. The maximum atomic E-state index is 12.3. The third-order valence-corrected chi connectivity index (χ3v) is 5.08. The molecule has 0 aliphatic rings. The van der Waals surface area contributed by atoms with Crippen LogP contribution >= 0.6 is 0 Å². The molecule has 1 heterocycles. The second-order valence-electron chi connectivity index (χ2n) is 5.54. The standard InChI is InChI=1S/C17H16N4O6S/c1-2-26-14-7-3-12(4-8-14)17-19-16(27-20-17)11-18-28(24,25)15-9-5-13(6-10-15)21(22)23/h3-10,18H,2,11H2,1H3. The van der Waals surface area contributed by atoms with Gasteiger partial charge in [0.05, 0.1) is 23.0 Å². The molecule has 0 amide bonds. The summed E-state index contributed by atoms with van der Waals surface area (Å²) >= 11 is 0. The Hall–Kier alpha value is -3.31. The molecule has 2 aromatic carbocycles. The maximum absolute atomic E-state index is 12.3. The zero-order valence-corrected chi connectivity index (χ0v) is 15.5. The van der Waals surface area contributed by atoms with Crippen molar-refractivity contribution in [1.82, 2.24) is 14.9 Å². The van der Waals surface area contributed by atoms with Gasteiger partial charge in [-0.25, -0.2) is 13.1 Å². The van der Waals surface area contributed by atoms with E-state index in [4.69, 9.17) is 9.26 Å². The number of nitrogens with one attached hydrogen (secondary N) is 1. The molecule has 11 heteroatoms. The van der Waals surface area contributed by atoms with Gasteiger partial charge in [-0.2, -0.15) is 4.98 Å². The highest BCUT2D eigenvalue weighted by molar-refractivity contribution is 7.89. The number of hydrogen-bond acceptors (Lipinski definition) is 8. The highest BCUT2D eigenvalue weighted by atomic mass is 32.2. The fourth-order valence-corrected chi connectivity index (χ4v) is 3.27. The zero-order chi connectivity index (χ0) is 20.1. The van der Waals surface area contributed by atoms with Gasteiger partial charge in [-0.1, -0.05) is 5.16 Å². The maximum Gasteiger partial charge on any atom is 0.269 e. The van der Waals surface area contributed by atoms with Crippen LogP contribution in [0.5, 0.6) is 5.75 Å². The van der Waals surface area contributed by atoms with Gasteiger partial charge in [-0.15, -0.1) is 0 Å². The Balaban J connectivity index is 1.67. The largest absolute Gasteiger partial charge is 0.494 e. The molecule has 0 aliphatic heterocycles. The third-order valence-electron chi connectivity index (χ3n) is 3.66. The minimum absolute atomic E-state index is 0.0781. The van der Waals surface area contributed by atoms with Crippen molar-refractivity contribution < 1.29 is 22.6 Å². The molecule has 0 fully saturated rings. The third kappa shape index (κ3) is 4.50. The summed E-state index contributed by atoms with van der Waals surface area (Å²) in [4.78, 5) is 14.1. The van der Waals surface area contributed by atoms with Crippen LogP contribution in [0.3, 0.4) is 0 Å². The average Bonchev–Trinajstić information content (AvgIpc) is 3.16. The molecule has 1 N–H and O–H groups in total. The first-order chi connectivity index (χ1) is 13.4. The number of nitrogens with zero attached hydrogens (tertiary/aromatic N) is 3. The van der Waals surface area contributed by atoms with E-state index in [1.54, 1.807) is 24.3 Å². The molecular formula is C17H16N4O6S. The lowest BCUT2D eigenvalue weighted by molar-refractivity contribution is -0.384. The van der Waals surface area contributed by atoms with E-state index in [0.29, 0.717) is 23.7 Å². The van der Waals surface area contributed by atoms with E-state index < -0.39 is 14.9 Å². The van der Waals surface area contributed by atoms with E-state index in [0.717, 1.165) is 24.3 Å². The lowest BCUT2D eigenvalue weighted by atomic mass is 10.2. The Morgan fingerprint density at radius 2 is 1.82 bits per heavy atom. The minimum atomic E-state index is -3.89. The number of hydrogen-bond donors (Lipinski definition) is 1. The van der Waals surface area contributed by atoms with E-state index in [2.05, 4.69) is 14.9 Å². The van der Waals surface area contributed by atoms with Crippen LogP contribution in [0.25, 0.3) is 11.4 Å². The molecule has 0 atom stereocenters. The first kappa shape index (κ1) is 19.5. The SMILES string of the molecule is CCOc1ccc(-c2noc(CNS(=O)(=O)c3ccc([N+](=O)[O-])cc3)n2)cc1. The van der Waals surface area contributed by atoms with Crippen LogP contribution in [-0.2, 0) is 16.6 Å². The van der Waals surface area contributed by atoms with Gasteiger partial charge in [0.2, 0.25) is 21.7 Å². The number of nitro benzene ring substituents is 1. The van der Waals surface area contributed by atoms with Crippen molar-refractivity contribution in [2.45, 2.75) is 18.4 Å². The summed E-state index contributed by atoms with van der Waals surface area (Å²) in [6.45, 7) is 2.22. The molecular weight excluding hydrogens is 388 g/mol. The van der Waals surface area contributed by atoms with Gasteiger partial charge in [0.25, 0.3) is 5.69 Å². The van der Waals surface area contributed by atoms with E-state index in [1.807, 2.05) is 6.92 Å². The molecule has 3 rings (SSSR count). The summed E-state index contributed by atoms with van der Waals surface area (Å²) in [6.07, 6.45) is 0. The van der Waals surface area contributed by atoms with Crippen molar-refractivity contribution in [3.8, 4) is 17.1 Å². The number of nitro groups is 1. The van der Waals surface area contributed by atoms with Gasteiger partial charge in [0.15, 0.2) is 0 Å². The Bertz CT molecular complexity index is 1060. The quantitative estimate of drug-likeness (QED) is 0.446. The van der Waals surface area contributed by atoms with Crippen molar-refractivity contribution in [3.05, 3.63) is 64.5 Å². The van der Waals surface area contributed by atoms with Crippen LogP contribution in [0.15, 0.2) is 57.9 Å². The van der Waals surface area contributed by atoms with Gasteiger partial charge < -0.3 is 9.26 Å². The second-order valence-corrected chi connectivity index (χ2v) is 7.31. The Labute approximate surface area is 160 Å². The molecule has 0 spiro atoms. The van der Waals surface area contributed by atoms with Crippen molar-refractivity contribution >= 4 is 15.7 Å². The summed E-state index contributed by atoms with van der Waals surface area (Å²) < 4.78 is 37.3. The topological polar surface area (TPSA) is 137 Å². The van der Waals surface area contributed by atoms with Crippen LogP contribution in [-0.4, -0.2) is 30.1 Å². The van der Waals surface area contributed by atoms with Gasteiger partial charge in [0, 0.05) is 17.7 Å². The van der Waals surface area contributed by atoms with Crippen LogP contribution in [0.1, 0.15) is 12.8 Å². The predicted molar refractivity (Wildman–Crippen MR) is 98.0 cm³/mol. The van der Waals surface area contributed by atoms with Gasteiger partial charge in [0.1, 0.15) is 5.75 Å². The summed E-state index contributed by atoms with van der Waals surface area (Å²) in [5.74, 6) is 1.10. The van der Waals surface area contributed by atoms with Crippen LogP contribution in [0.2, 0.25) is 0 Å². The van der Waals surface area contributed by atoms with Gasteiger partial charge >= 0.3 is 0 Å². The number of benzene rings is 2. The van der Waals surface area contributed by atoms with Crippen LogP contribution < -0.4 is 9.46 Å². The van der Waals surface area contributed by atoms with Crippen molar-refractivity contribution in [1.29, 1.82) is 0 Å². The smallest absolute Gasteiger partial charge is 0.269 e. The molecule has 28 heavy (non-hydrogen) atoms. The minimum Gasteiger partial charge on any atom is -0.494 e. The summed E-state index contributed by atoms with van der Waals surface area (Å²) in [5, 5.41) is 14.5. The molecule has 0 radical (unpaired) electrons. The highest BCUT2D eigenvalue weighted by Crippen LogP contribution is 2.20. The fourth-order valence-electron chi connectivity index (χ4n) is 2.30. The van der Waals surface area contributed by atoms with Crippen LogP contribution in [0, 0.1) is 10.1 Å². The van der Waals surface area contributed by atoms with Crippen LogP contribution in [0.4, 0.5) is 5.69 Å². The van der Waals surface area contributed by atoms with E-state index >= 15 is 0 Å². The second kappa shape index (κ2) is 8.15. The average molecular weight is 404 g/mol. The molecule has 146 valence electrons. The Morgan fingerprint density at radius 1 is 1.14 bits per heavy atom. The first-order valence-corrected chi connectivity index (χ1v) is 9.67. The molecule has 0 bridgehead atoms. The lowest BCUT2D eigenvalue weighted by Crippen LogP contribution is -2.23. The van der Waals surface area contributed by atoms with E-state index in [-0.39, 0.29) is 23.0 Å². The molecule has 0 unspecified atom stereocenters. The number of aromatic nitrogens is 2. The summed E-state index contributed by atoms with van der Waals surface area (Å²) in [5.41, 5.74) is 0.493. The molecule has 0 saturated carbocycles. The zero-order valence-electron chi connectivity index (χ0n) is 14.7. The Morgan fingerprint density at radius 3 is 2.43 bits per heavy atom. The monoisotopic (exact) mass is 404 g/mol. The normalized spacial score (nSPS) is 11.3. The summed E-state index contributed by atoms with van der Waals surface area (Å²) in [7, 11) is -3.89. The Kier molecular flexibility index (Phi) is 5.66. The van der Waals surface area contributed by atoms with E-state index in [1.165, 1.54) is 0 Å². The first-order valence-electron chi connectivity index (χ1n) is 8.19. The molecule has 1 aromatic heterocycles. The molecule has 3 aromatic rings. The summed E-state index contributed by atoms with van der Waals surface area (Å²) in [6, 6.07) is 11.6. The molecule has 10 nitrogen and oxygen atoms in total. The number of ether oxygens (including phenoxy) is 1. The number of sulfonamides is 1. The van der Waals surface area contributed by atoms with E-state index in [9.17, 15) is 18.5 Å². The van der Waals surface area contributed by atoms with Crippen molar-refractivity contribution in [2.24, 2.45) is 0 Å². The van der Waals surface area contributed by atoms with Gasteiger partial charge in [-0.3, -0.25) is 10.1 Å². The van der Waals surface area contributed by atoms with Gasteiger partial charge in [-0.05, 0) is 43.3 Å². The predicted octanol–water partition coefficient (Wildman–Crippen LogP) is 2.52. The molecule has 0 saturated heterocycles. The van der Waals surface area contributed by atoms with Crippen molar-refractivity contribution in [3.63, 3.8) is 0 Å². The van der Waals surface area contributed by atoms with Crippen molar-refractivity contribution in [2.75, 3.05) is 6.61 Å². The molecule has 0 aliphatic carbocycles. The fraction of sp³-hybridized carbons (Fsp3) is 0.176. The number of rotatable bonds is 8. The lowest BCUT2D eigenvalue weighted by Gasteiger charge is -2.04.